The van der Waals surface area contributed by atoms with Crippen LogP contribution in [-0.2, 0) is 0 Å². The second kappa shape index (κ2) is 6.38. The van der Waals surface area contributed by atoms with Gasteiger partial charge in [-0.1, -0.05) is 42.8 Å². The van der Waals surface area contributed by atoms with E-state index in [1.165, 1.54) is 6.07 Å². The van der Waals surface area contributed by atoms with E-state index in [0.29, 0.717) is 10.6 Å². The molecule has 0 aliphatic heterocycles. The van der Waals surface area contributed by atoms with Crippen LogP contribution in [0, 0.1) is 12.7 Å². The lowest BCUT2D eigenvalue weighted by atomic mass is 9.97. The summed E-state index contributed by atoms with van der Waals surface area (Å²) in [5.74, 6) is -0.191. The molecule has 0 saturated heterocycles. The number of halogens is 2. The van der Waals surface area contributed by atoms with Crippen LogP contribution in [0.3, 0.4) is 0 Å². The Bertz CT molecular complexity index is 610. The topological polar surface area (TPSA) is 12.0 Å². The van der Waals surface area contributed by atoms with Crippen molar-refractivity contribution in [2.24, 2.45) is 0 Å². The van der Waals surface area contributed by atoms with Gasteiger partial charge in [0, 0.05) is 11.1 Å². The van der Waals surface area contributed by atoms with Crippen molar-refractivity contribution < 1.29 is 4.39 Å². The van der Waals surface area contributed by atoms with Crippen LogP contribution in [0.1, 0.15) is 31.0 Å². The number of benzene rings is 2. The lowest BCUT2D eigenvalue weighted by Gasteiger charge is -2.16. The quantitative estimate of drug-likeness (QED) is 0.824. The van der Waals surface area contributed by atoms with Crippen LogP contribution in [-0.4, -0.2) is 6.54 Å². The Morgan fingerprint density at radius 1 is 1.25 bits per heavy atom. The molecular formula is C17H19ClFN. The molecule has 1 unspecified atom stereocenters. The van der Waals surface area contributed by atoms with Gasteiger partial charge in [0.1, 0.15) is 5.82 Å². The minimum atomic E-state index is -0.191. The summed E-state index contributed by atoms with van der Waals surface area (Å²) in [4.78, 5) is 0. The van der Waals surface area contributed by atoms with Gasteiger partial charge in [-0.25, -0.2) is 4.39 Å². The maximum Gasteiger partial charge on any atom is 0.126 e. The molecule has 0 fully saturated rings. The van der Waals surface area contributed by atoms with Gasteiger partial charge in [-0.3, -0.25) is 0 Å². The Labute approximate surface area is 124 Å². The molecule has 1 atom stereocenters. The predicted molar refractivity (Wildman–Crippen MR) is 83.7 cm³/mol. The molecule has 0 spiro atoms. The van der Waals surface area contributed by atoms with Crippen molar-refractivity contribution >= 4 is 11.6 Å². The molecule has 0 aliphatic carbocycles. The Morgan fingerprint density at radius 3 is 2.65 bits per heavy atom. The normalized spacial score (nSPS) is 12.4. The van der Waals surface area contributed by atoms with Gasteiger partial charge >= 0.3 is 0 Å². The molecule has 0 aliphatic rings. The summed E-state index contributed by atoms with van der Waals surface area (Å²) in [6.07, 6.45) is 0. The second-order valence-electron chi connectivity index (χ2n) is 4.93. The fourth-order valence-electron chi connectivity index (χ4n) is 2.38. The van der Waals surface area contributed by atoms with Crippen molar-refractivity contribution in [2.45, 2.75) is 26.8 Å². The molecule has 2 rings (SSSR count). The van der Waals surface area contributed by atoms with E-state index < -0.39 is 0 Å². The first-order valence-electron chi connectivity index (χ1n) is 6.83. The van der Waals surface area contributed by atoms with E-state index >= 15 is 0 Å². The molecule has 106 valence electrons. The standard InChI is InChI=1S/C17H19ClFN/c1-4-20-12(3)15-9-8-13(10-16(15)18)14-6-5-7-17(19)11(14)2/h5-10,12,20H,4H2,1-3H3. The van der Waals surface area contributed by atoms with Crippen molar-refractivity contribution in [3.05, 3.63) is 58.4 Å². The summed E-state index contributed by atoms with van der Waals surface area (Å²) in [7, 11) is 0. The monoisotopic (exact) mass is 291 g/mol. The van der Waals surface area contributed by atoms with Gasteiger partial charge in [0.2, 0.25) is 0 Å². The van der Waals surface area contributed by atoms with Gasteiger partial charge < -0.3 is 5.32 Å². The third-order valence-electron chi connectivity index (χ3n) is 3.56. The van der Waals surface area contributed by atoms with E-state index in [-0.39, 0.29) is 11.9 Å². The molecule has 1 N–H and O–H groups in total. The van der Waals surface area contributed by atoms with Gasteiger partial charge in [0.25, 0.3) is 0 Å². The van der Waals surface area contributed by atoms with Crippen LogP contribution < -0.4 is 5.32 Å². The van der Waals surface area contributed by atoms with Crippen molar-refractivity contribution in [2.75, 3.05) is 6.54 Å². The zero-order valence-electron chi connectivity index (χ0n) is 12.0. The van der Waals surface area contributed by atoms with E-state index in [1.54, 1.807) is 13.0 Å². The fourth-order valence-corrected chi connectivity index (χ4v) is 2.73. The molecule has 0 saturated carbocycles. The molecule has 0 heterocycles. The summed E-state index contributed by atoms with van der Waals surface area (Å²) in [5.41, 5.74) is 3.54. The Hall–Kier alpha value is -1.38. The summed E-state index contributed by atoms with van der Waals surface area (Å²) >= 11 is 6.37. The molecule has 1 nitrogen and oxygen atoms in total. The SMILES string of the molecule is CCNC(C)c1ccc(-c2cccc(F)c2C)cc1Cl. The zero-order chi connectivity index (χ0) is 14.7. The molecule has 20 heavy (non-hydrogen) atoms. The van der Waals surface area contributed by atoms with Gasteiger partial charge in [-0.15, -0.1) is 0 Å². The van der Waals surface area contributed by atoms with Crippen LogP contribution in [0.5, 0.6) is 0 Å². The number of rotatable bonds is 4. The highest BCUT2D eigenvalue weighted by molar-refractivity contribution is 6.31. The van der Waals surface area contributed by atoms with Gasteiger partial charge in [0.15, 0.2) is 0 Å². The summed E-state index contributed by atoms with van der Waals surface area (Å²) in [6.45, 7) is 6.82. The van der Waals surface area contributed by atoms with Gasteiger partial charge in [-0.2, -0.15) is 0 Å². The molecule has 0 bridgehead atoms. The fraction of sp³-hybridized carbons (Fsp3) is 0.294. The summed E-state index contributed by atoms with van der Waals surface area (Å²) in [6, 6.07) is 11.2. The van der Waals surface area contributed by atoms with Crippen LogP contribution in [0.25, 0.3) is 11.1 Å². The highest BCUT2D eigenvalue weighted by Crippen LogP contribution is 2.31. The smallest absolute Gasteiger partial charge is 0.126 e. The van der Waals surface area contributed by atoms with E-state index in [9.17, 15) is 4.39 Å². The first-order valence-corrected chi connectivity index (χ1v) is 7.20. The highest BCUT2D eigenvalue weighted by Gasteiger charge is 2.11. The molecule has 0 aromatic heterocycles. The molecular weight excluding hydrogens is 273 g/mol. The predicted octanol–water partition coefficient (Wildman–Crippen LogP) is 5.13. The van der Waals surface area contributed by atoms with Crippen molar-refractivity contribution in [1.82, 2.24) is 5.32 Å². The summed E-state index contributed by atoms with van der Waals surface area (Å²) in [5, 5.41) is 4.05. The second-order valence-corrected chi connectivity index (χ2v) is 5.34. The third-order valence-corrected chi connectivity index (χ3v) is 3.88. The van der Waals surface area contributed by atoms with E-state index in [4.69, 9.17) is 11.6 Å². The zero-order valence-corrected chi connectivity index (χ0v) is 12.8. The van der Waals surface area contributed by atoms with Crippen LogP contribution in [0.4, 0.5) is 4.39 Å². The molecule has 2 aromatic rings. The third kappa shape index (κ3) is 3.02. The van der Waals surface area contributed by atoms with Crippen molar-refractivity contribution in [1.29, 1.82) is 0 Å². The minimum Gasteiger partial charge on any atom is -0.310 e. The maximum atomic E-state index is 13.6. The van der Waals surface area contributed by atoms with Crippen LogP contribution in [0.15, 0.2) is 36.4 Å². The lowest BCUT2D eigenvalue weighted by Crippen LogP contribution is -2.17. The molecule has 3 heteroatoms. The molecule has 2 aromatic carbocycles. The van der Waals surface area contributed by atoms with Crippen LogP contribution in [0.2, 0.25) is 5.02 Å². The number of hydrogen-bond acceptors (Lipinski definition) is 1. The number of nitrogens with one attached hydrogen (secondary N) is 1. The number of hydrogen-bond donors (Lipinski definition) is 1. The van der Waals surface area contributed by atoms with Gasteiger partial charge in [-0.05, 0) is 54.8 Å². The maximum absolute atomic E-state index is 13.6. The van der Waals surface area contributed by atoms with E-state index in [0.717, 1.165) is 23.2 Å². The lowest BCUT2D eigenvalue weighted by molar-refractivity contribution is 0.598. The minimum absolute atomic E-state index is 0.191. The Kier molecular flexibility index (Phi) is 4.79. The van der Waals surface area contributed by atoms with Gasteiger partial charge in [0.05, 0.1) is 0 Å². The first kappa shape index (κ1) is 15.0. The Morgan fingerprint density at radius 2 is 2.00 bits per heavy atom. The van der Waals surface area contributed by atoms with E-state index in [2.05, 4.69) is 19.2 Å². The average molecular weight is 292 g/mol. The summed E-state index contributed by atoms with van der Waals surface area (Å²) < 4.78 is 13.6. The first-order chi connectivity index (χ1) is 9.54. The average Bonchev–Trinajstić information content (AvgIpc) is 2.42. The molecule has 0 radical (unpaired) electrons. The van der Waals surface area contributed by atoms with Crippen LogP contribution >= 0.6 is 11.6 Å². The largest absolute Gasteiger partial charge is 0.310 e. The van der Waals surface area contributed by atoms with Crippen molar-refractivity contribution in [3.8, 4) is 11.1 Å². The highest BCUT2D eigenvalue weighted by atomic mass is 35.5. The van der Waals surface area contributed by atoms with E-state index in [1.807, 2.05) is 24.3 Å². The Balaban J connectivity index is 2.41. The molecule has 0 amide bonds. The van der Waals surface area contributed by atoms with Crippen molar-refractivity contribution in [3.63, 3.8) is 0 Å².